The second kappa shape index (κ2) is 10.9. The number of nitrogens with zero attached hydrogens (tertiary/aromatic N) is 2. The average Bonchev–Trinajstić information content (AvgIpc) is 3.12. The molecule has 1 atom stereocenters. The summed E-state index contributed by atoms with van der Waals surface area (Å²) in [5.74, 6) is -0.419. The van der Waals surface area contributed by atoms with Gasteiger partial charge in [0.1, 0.15) is 19.5 Å². The van der Waals surface area contributed by atoms with E-state index < -0.39 is 13.0 Å². The molecule has 29 heavy (non-hydrogen) atoms. The Bertz CT molecular complexity index is 910. The van der Waals surface area contributed by atoms with Gasteiger partial charge in [0.2, 0.25) is 5.85 Å². The Labute approximate surface area is 190 Å². The van der Waals surface area contributed by atoms with Crippen LogP contribution in [0.2, 0.25) is 0 Å². The van der Waals surface area contributed by atoms with E-state index in [0.29, 0.717) is 31.0 Å². The molecule has 3 rings (SSSR count). The highest BCUT2D eigenvalue weighted by molar-refractivity contribution is 7.64. The number of aliphatic hydroxyl groups is 1. The van der Waals surface area contributed by atoms with Crippen molar-refractivity contribution in [3.05, 3.63) is 96.6 Å². The fourth-order valence-corrected chi connectivity index (χ4v) is 6.19. The summed E-state index contributed by atoms with van der Waals surface area (Å²) in [6.07, 6.45) is 7.60. The van der Waals surface area contributed by atoms with Crippen LogP contribution in [0.15, 0.2) is 79.6 Å². The number of benzene rings is 2. The highest BCUT2D eigenvalue weighted by Gasteiger charge is 2.39. The zero-order valence-electron chi connectivity index (χ0n) is 16.7. The Hall–Kier alpha value is -1.69. The van der Waals surface area contributed by atoms with Gasteiger partial charge in [0.25, 0.3) is 5.82 Å². The summed E-state index contributed by atoms with van der Waals surface area (Å²) in [4.78, 5) is 0. The number of aryl methyl sites for hydroxylation is 3. The fourth-order valence-electron chi connectivity index (χ4n) is 3.47. The van der Waals surface area contributed by atoms with Crippen molar-refractivity contribution in [2.24, 2.45) is 7.05 Å². The summed E-state index contributed by atoms with van der Waals surface area (Å²) in [6.45, 7) is 3.81. The van der Waals surface area contributed by atoms with E-state index in [1.807, 2.05) is 84.7 Å². The van der Waals surface area contributed by atoms with Crippen LogP contribution in [0, 0.1) is 0 Å². The summed E-state index contributed by atoms with van der Waals surface area (Å²) in [7, 11) is -1.07. The molecule has 0 radical (unpaired) electrons. The van der Waals surface area contributed by atoms with E-state index in [4.69, 9.17) is 0 Å². The molecule has 154 valence electrons. The Morgan fingerprint density at radius 1 is 1.03 bits per heavy atom. The van der Waals surface area contributed by atoms with Gasteiger partial charge in [-0.3, -0.25) is 0 Å². The molecule has 0 saturated heterocycles. The number of halogens is 1. The summed E-state index contributed by atoms with van der Waals surface area (Å²) >= 11 is 0. The molecule has 2 aromatic carbocycles. The SMILES string of the molecule is C=Cn1cc[n+](C)c1C(O)P(=O)(CCc1ccccc1)CCc1ccccc1.[I-]. The zero-order chi connectivity index (χ0) is 20.0. The molecule has 0 saturated carbocycles. The predicted octanol–water partition coefficient (Wildman–Crippen LogP) is 1.26. The third kappa shape index (κ3) is 5.91. The molecule has 0 fully saturated rings. The lowest BCUT2D eigenvalue weighted by atomic mass is 10.2. The molecule has 1 unspecified atom stereocenters. The maximum Gasteiger partial charge on any atom is 0.298 e. The average molecular weight is 522 g/mol. The van der Waals surface area contributed by atoms with Crippen molar-refractivity contribution in [3.63, 3.8) is 0 Å². The van der Waals surface area contributed by atoms with Gasteiger partial charge in [-0.05, 0) is 24.0 Å². The predicted molar refractivity (Wildman–Crippen MR) is 115 cm³/mol. The van der Waals surface area contributed by atoms with Crippen LogP contribution in [0.4, 0.5) is 0 Å². The number of hydrogen-bond donors (Lipinski definition) is 1. The molecule has 1 aromatic heterocycles. The first-order valence-electron chi connectivity index (χ1n) is 9.56. The molecule has 0 aliphatic carbocycles. The smallest absolute Gasteiger partial charge is 0.298 e. The molecule has 0 aliphatic rings. The van der Waals surface area contributed by atoms with Crippen LogP contribution in [-0.2, 0) is 24.5 Å². The van der Waals surface area contributed by atoms with Crippen LogP contribution in [-0.4, -0.2) is 22.0 Å². The third-order valence-corrected chi connectivity index (χ3v) is 8.28. The van der Waals surface area contributed by atoms with Crippen molar-refractivity contribution in [2.45, 2.75) is 18.7 Å². The number of imidazole rings is 1. The molecule has 0 bridgehead atoms. The second-order valence-corrected chi connectivity index (χ2v) is 10.4. The minimum absolute atomic E-state index is 0. The van der Waals surface area contributed by atoms with Gasteiger partial charge in [-0.2, -0.15) is 0 Å². The Balaban J connectivity index is 0.00000300. The molecular weight excluding hydrogens is 494 g/mol. The van der Waals surface area contributed by atoms with Gasteiger partial charge in [-0.15, -0.1) is 0 Å². The minimum Gasteiger partial charge on any atom is -1.00 e. The highest BCUT2D eigenvalue weighted by Crippen LogP contribution is 2.57. The first-order valence-corrected chi connectivity index (χ1v) is 11.7. The van der Waals surface area contributed by atoms with Gasteiger partial charge in [0, 0.05) is 12.3 Å². The normalized spacial score (nSPS) is 12.2. The van der Waals surface area contributed by atoms with Gasteiger partial charge >= 0.3 is 0 Å². The molecule has 0 amide bonds. The largest absolute Gasteiger partial charge is 1.00 e. The molecule has 1 heterocycles. The summed E-state index contributed by atoms with van der Waals surface area (Å²) in [5.41, 5.74) is 2.27. The first-order chi connectivity index (χ1) is 13.5. The van der Waals surface area contributed by atoms with Crippen LogP contribution in [0.3, 0.4) is 0 Å². The molecule has 0 spiro atoms. The quantitative estimate of drug-likeness (QED) is 0.262. The monoisotopic (exact) mass is 522 g/mol. The zero-order valence-corrected chi connectivity index (χ0v) is 19.7. The molecule has 3 aromatic rings. The number of rotatable bonds is 9. The van der Waals surface area contributed by atoms with Crippen molar-refractivity contribution in [1.29, 1.82) is 0 Å². The molecule has 6 heteroatoms. The summed E-state index contributed by atoms with van der Waals surface area (Å²) < 4.78 is 17.6. The lowest BCUT2D eigenvalue weighted by Crippen LogP contribution is -3.00. The van der Waals surface area contributed by atoms with Crippen LogP contribution in [0.25, 0.3) is 6.20 Å². The molecular formula is C23H28IN2O2P. The van der Waals surface area contributed by atoms with E-state index >= 15 is 0 Å². The van der Waals surface area contributed by atoms with Crippen LogP contribution in [0.1, 0.15) is 22.8 Å². The van der Waals surface area contributed by atoms with E-state index in [2.05, 4.69) is 6.58 Å². The van der Waals surface area contributed by atoms with E-state index in [0.717, 1.165) is 11.1 Å². The maximum absolute atomic E-state index is 14.1. The number of aliphatic hydroxyl groups excluding tert-OH is 1. The Kier molecular flexibility index (Phi) is 8.87. The standard InChI is InChI=1S/C23H28N2O2P.HI/c1-3-25-17-16-24(2)22(25)23(26)28(27,18-14-20-10-6-4-7-11-20)19-15-21-12-8-5-9-13-21;/h3-13,16-17,23,26H,1,14-15,18-19H2,2H3;1H/q+1;/p-1. The fraction of sp³-hybridized carbons (Fsp3) is 0.261. The van der Waals surface area contributed by atoms with Gasteiger partial charge in [-0.1, -0.05) is 67.2 Å². The van der Waals surface area contributed by atoms with Gasteiger partial charge in [-0.25, -0.2) is 9.13 Å². The van der Waals surface area contributed by atoms with E-state index in [9.17, 15) is 9.67 Å². The van der Waals surface area contributed by atoms with Gasteiger partial charge in [0.05, 0.1) is 13.2 Å². The van der Waals surface area contributed by atoms with Crippen LogP contribution in [0.5, 0.6) is 0 Å². The van der Waals surface area contributed by atoms with Crippen LogP contribution >= 0.6 is 7.14 Å². The van der Waals surface area contributed by atoms with Crippen molar-refractivity contribution >= 4 is 13.3 Å². The lowest BCUT2D eigenvalue weighted by Gasteiger charge is -2.22. The molecule has 0 aliphatic heterocycles. The minimum atomic E-state index is -2.93. The summed E-state index contributed by atoms with van der Waals surface area (Å²) in [5, 5.41) is 11.2. The number of aromatic nitrogens is 2. The van der Waals surface area contributed by atoms with Crippen molar-refractivity contribution in [3.8, 4) is 0 Å². The van der Waals surface area contributed by atoms with E-state index in [1.165, 1.54) is 0 Å². The van der Waals surface area contributed by atoms with Gasteiger partial charge < -0.3 is 33.6 Å². The van der Waals surface area contributed by atoms with Gasteiger partial charge in [0.15, 0.2) is 0 Å². The topological polar surface area (TPSA) is 46.1 Å². The molecule has 4 nitrogen and oxygen atoms in total. The van der Waals surface area contributed by atoms with Crippen molar-refractivity contribution in [1.82, 2.24) is 4.57 Å². The third-order valence-electron chi connectivity index (χ3n) is 5.19. The lowest BCUT2D eigenvalue weighted by molar-refractivity contribution is -0.680. The van der Waals surface area contributed by atoms with E-state index in [-0.39, 0.29) is 24.0 Å². The highest BCUT2D eigenvalue weighted by atomic mass is 127. The van der Waals surface area contributed by atoms with Crippen molar-refractivity contribution in [2.75, 3.05) is 12.3 Å². The van der Waals surface area contributed by atoms with Crippen molar-refractivity contribution < 1.29 is 38.2 Å². The summed E-state index contributed by atoms with van der Waals surface area (Å²) in [6, 6.07) is 20.1. The maximum atomic E-state index is 14.1. The Morgan fingerprint density at radius 3 is 1.97 bits per heavy atom. The van der Waals surface area contributed by atoms with Crippen LogP contribution < -0.4 is 28.5 Å². The second-order valence-electron chi connectivity index (χ2n) is 7.10. The van der Waals surface area contributed by atoms with E-state index in [1.54, 1.807) is 10.8 Å². The Morgan fingerprint density at radius 2 is 1.52 bits per heavy atom. The molecule has 1 N–H and O–H groups in total. The number of hydrogen-bond acceptors (Lipinski definition) is 2. The first kappa shape index (κ1) is 23.6.